The van der Waals surface area contributed by atoms with E-state index < -0.39 is 0 Å². The lowest BCUT2D eigenvalue weighted by atomic mass is 9.97. The van der Waals surface area contributed by atoms with Gasteiger partial charge in [-0.05, 0) is 18.4 Å². The molecule has 0 saturated carbocycles. The molecule has 0 aliphatic rings. The summed E-state index contributed by atoms with van der Waals surface area (Å²) in [4.78, 5) is 4.38. The first-order chi connectivity index (χ1) is 8.60. The van der Waals surface area contributed by atoms with Crippen LogP contribution in [0.1, 0.15) is 32.1 Å². The Balaban J connectivity index is 2.18. The van der Waals surface area contributed by atoms with Gasteiger partial charge in [0.25, 0.3) is 0 Å². The molecular weight excluding hydrogens is 230 g/mol. The zero-order chi connectivity index (χ0) is 13.1. The van der Waals surface area contributed by atoms with Crippen molar-refractivity contribution in [2.75, 3.05) is 6.54 Å². The Bertz CT molecular complexity index is 502. The summed E-state index contributed by atoms with van der Waals surface area (Å²) >= 11 is 0. The number of nitrogens with two attached hydrogens (primary N) is 1. The highest BCUT2D eigenvalue weighted by Crippen LogP contribution is 2.23. The molecule has 18 heavy (non-hydrogen) atoms. The molecule has 2 aromatic rings. The fraction of sp³-hybridized carbons (Fsp3) is 0.583. The van der Waals surface area contributed by atoms with E-state index in [1.54, 1.807) is 4.68 Å². The highest BCUT2D eigenvalue weighted by Gasteiger charge is 2.20. The van der Waals surface area contributed by atoms with Crippen LogP contribution in [0.5, 0.6) is 0 Å². The van der Waals surface area contributed by atoms with Gasteiger partial charge in [-0.15, -0.1) is 0 Å². The summed E-state index contributed by atoms with van der Waals surface area (Å²) in [6.07, 6.45) is 2.79. The largest absolute Gasteiger partial charge is 0.339 e. The van der Waals surface area contributed by atoms with Crippen molar-refractivity contribution in [3.8, 4) is 11.5 Å². The van der Waals surface area contributed by atoms with Gasteiger partial charge in [-0.3, -0.25) is 4.68 Å². The smallest absolute Gasteiger partial charge is 0.231 e. The lowest BCUT2D eigenvalue weighted by Gasteiger charge is -2.11. The van der Waals surface area contributed by atoms with Crippen LogP contribution >= 0.6 is 0 Å². The van der Waals surface area contributed by atoms with E-state index in [-0.39, 0.29) is 5.92 Å². The molecule has 1 unspecified atom stereocenters. The second-order valence-corrected chi connectivity index (χ2v) is 4.89. The zero-order valence-electron chi connectivity index (χ0n) is 11.0. The van der Waals surface area contributed by atoms with Gasteiger partial charge >= 0.3 is 0 Å². The molecule has 2 N–H and O–H groups in total. The first-order valence-electron chi connectivity index (χ1n) is 6.13. The third kappa shape index (κ3) is 2.76. The van der Waals surface area contributed by atoms with E-state index >= 15 is 0 Å². The minimum Gasteiger partial charge on any atom is -0.339 e. The summed E-state index contributed by atoms with van der Waals surface area (Å²) in [5, 5.41) is 8.20. The Morgan fingerprint density at radius 3 is 2.78 bits per heavy atom. The summed E-state index contributed by atoms with van der Waals surface area (Å²) < 4.78 is 7.00. The standard InChI is InChI=1S/C12H19N5O/c1-8(2)6-9(7-13)12-14-11(16-18-12)10-4-5-17(3)15-10/h4-5,8-9H,6-7,13H2,1-3H3. The lowest BCUT2D eigenvalue weighted by Crippen LogP contribution is -2.15. The van der Waals surface area contributed by atoms with Crippen LogP contribution in [0.15, 0.2) is 16.8 Å². The van der Waals surface area contributed by atoms with Crippen LogP contribution in [0.4, 0.5) is 0 Å². The predicted molar refractivity (Wildman–Crippen MR) is 67.8 cm³/mol. The van der Waals surface area contributed by atoms with E-state index in [4.69, 9.17) is 10.3 Å². The second kappa shape index (κ2) is 5.30. The van der Waals surface area contributed by atoms with Gasteiger partial charge in [0.15, 0.2) is 0 Å². The van der Waals surface area contributed by atoms with Crippen LogP contribution in [0.3, 0.4) is 0 Å². The SMILES string of the molecule is CC(C)CC(CN)c1nc(-c2ccn(C)n2)no1. The van der Waals surface area contributed by atoms with Crippen LogP contribution in [0, 0.1) is 5.92 Å². The van der Waals surface area contributed by atoms with Crippen LogP contribution in [-0.2, 0) is 7.05 Å². The predicted octanol–water partition coefficient (Wildman–Crippen LogP) is 1.56. The number of nitrogens with zero attached hydrogens (tertiary/aromatic N) is 4. The van der Waals surface area contributed by atoms with Crippen LogP contribution in [0.2, 0.25) is 0 Å². The Morgan fingerprint density at radius 2 is 2.22 bits per heavy atom. The molecule has 0 aromatic carbocycles. The van der Waals surface area contributed by atoms with E-state index in [0.29, 0.717) is 29.9 Å². The van der Waals surface area contributed by atoms with Crippen molar-refractivity contribution in [2.24, 2.45) is 18.7 Å². The van der Waals surface area contributed by atoms with E-state index in [9.17, 15) is 0 Å². The molecular formula is C12H19N5O. The number of aryl methyl sites for hydroxylation is 1. The minimum absolute atomic E-state index is 0.120. The highest BCUT2D eigenvalue weighted by molar-refractivity contribution is 5.46. The van der Waals surface area contributed by atoms with Crippen molar-refractivity contribution in [2.45, 2.75) is 26.2 Å². The van der Waals surface area contributed by atoms with E-state index in [1.807, 2.05) is 19.3 Å². The van der Waals surface area contributed by atoms with Gasteiger partial charge in [0.1, 0.15) is 5.69 Å². The van der Waals surface area contributed by atoms with Gasteiger partial charge in [-0.25, -0.2) is 0 Å². The van der Waals surface area contributed by atoms with Crippen molar-refractivity contribution in [3.05, 3.63) is 18.2 Å². The molecule has 0 aliphatic heterocycles. The maximum Gasteiger partial charge on any atom is 0.231 e. The summed E-state index contributed by atoms with van der Waals surface area (Å²) in [5.74, 6) is 1.79. The quantitative estimate of drug-likeness (QED) is 0.869. The van der Waals surface area contributed by atoms with Crippen molar-refractivity contribution >= 4 is 0 Å². The number of aromatic nitrogens is 4. The molecule has 0 aliphatic carbocycles. The fourth-order valence-electron chi connectivity index (χ4n) is 1.91. The third-order valence-corrected chi connectivity index (χ3v) is 2.77. The summed E-state index contributed by atoms with van der Waals surface area (Å²) in [6.45, 7) is 4.82. The van der Waals surface area contributed by atoms with Gasteiger partial charge in [0.2, 0.25) is 11.7 Å². The van der Waals surface area contributed by atoms with Crippen molar-refractivity contribution in [1.29, 1.82) is 0 Å². The monoisotopic (exact) mass is 249 g/mol. The molecule has 2 aromatic heterocycles. The maximum atomic E-state index is 5.76. The molecule has 0 amide bonds. The Morgan fingerprint density at radius 1 is 1.44 bits per heavy atom. The average Bonchev–Trinajstić information content (AvgIpc) is 2.93. The van der Waals surface area contributed by atoms with E-state index in [1.165, 1.54) is 0 Å². The molecule has 0 bridgehead atoms. The Hall–Kier alpha value is -1.69. The van der Waals surface area contributed by atoms with Crippen LogP contribution < -0.4 is 5.73 Å². The fourth-order valence-corrected chi connectivity index (χ4v) is 1.91. The molecule has 0 spiro atoms. The van der Waals surface area contributed by atoms with Gasteiger partial charge in [0, 0.05) is 19.8 Å². The van der Waals surface area contributed by atoms with Gasteiger partial charge in [-0.1, -0.05) is 19.0 Å². The topological polar surface area (TPSA) is 82.8 Å². The van der Waals surface area contributed by atoms with E-state index in [2.05, 4.69) is 29.1 Å². The van der Waals surface area contributed by atoms with Crippen molar-refractivity contribution < 1.29 is 4.52 Å². The third-order valence-electron chi connectivity index (χ3n) is 2.77. The molecule has 0 fully saturated rings. The highest BCUT2D eigenvalue weighted by atomic mass is 16.5. The number of hydrogen-bond acceptors (Lipinski definition) is 5. The van der Waals surface area contributed by atoms with Gasteiger partial charge in [0.05, 0.1) is 5.92 Å². The molecule has 2 heterocycles. The van der Waals surface area contributed by atoms with Gasteiger partial charge in [-0.2, -0.15) is 10.1 Å². The number of hydrogen-bond donors (Lipinski definition) is 1. The first-order valence-corrected chi connectivity index (χ1v) is 6.13. The Labute approximate surface area is 106 Å². The lowest BCUT2D eigenvalue weighted by molar-refractivity contribution is 0.334. The summed E-state index contributed by atoms with van der Waals surface area (Å²) in [6, 6.07) is 1.86. The Kier molecular flexibility index (Phi) is 3.76. The molecule has 98 valence electrons. The molecule has 1 atom stereocenters. The van der Waals surface area contributed by atoms with Crippen molar-refractivity contribution in [3.63, 3.8) is 0 Å². The molecule has 0 radical (unpaired) electrons. The molecule has 6 nitrogen and oxygen atoms in total. The minimum atomic E-state index is 0.120. The summed E-state index contributed by atoms with van der Waals surface area (Å²) in [5.41, 5.74) is 6.47. The molecule has 0 saturated heterocycles. The number of rotatable bonds is 5. The average molecular weight is 249 g/mol. The summed E-state index contributed by atoms with van der Waals surface area (Å²) in [7, 11) is 1.85. The molecule has 2 rings (SSSR count). The first kappa shape index (κ1) is 12.8. The van der Waals surface area contributed by atoms with Crippen LogP contribution in [0.25, 0.3) is 11.5 Å². The normalized spacial score (nSPS) is 13.2. The van der Waals surface area contributed by atoms with E-state index in [0.717, 1.165) is 6.42 Å². The molecule has 6 heteroatoms. The zero-order valence-corrected chi connectivity index (χ0v) is 11.0. The van der Waals surface area contributed by atoms with Crippen molar-refractivity contribution in [1.82, 2.24) is 19.9 Å². The van der Waals surface area contributed by atoms with Crippen LogP contribution in [-0.4, -0.2) is 26.5 Å². The second-order valence-electron chi connectivity index (χ2n) is 4.89. The van der Waals surface area contributed by atoms with Gasteiger partial charge < -0.3 is 10.3 Å². The maximum absolute atomic E-state index is 5.76.